The fourth-order valence-electron chi connectivity index (χ4n) is 3.39. The van der Waals surface area contributed by atoms with E-state index in [0.717, 1.165) is 36.5 Å². The van der Waals surface area contributed by atoms with Gasteiger partial charge in [0.25, 0.3) is 5.91 Å². The van der Waals surface area contributed by atoms with Crippen molar-refractivity contribution in [3.63, 3.8) is 0 Å². The summed E-state index contributed by atoms with van der Waals surface area (Å²) in [6, 6.07) is 2.13. The average Bonchev–Trinajstić information content (AvgIpc) is 3.21. The minimum Gasteiger partial charge on any atom is -0.387 e. The smallest absolute Gasteiger partial charge is 0.273 e. The van der Waals surface area contributed by atoms with E-state index in [2.05, 4.69) is 16.4 Å². The van der Waals surface area contributed by atoms with Gasteiger partial charge in [0.15, 0.2) is 0 Å². The Morgan fingerprint density at radius 1 is 1.50 bits per heavy atom. The monoisotopic (exact) mass is 376 g/mol. The molecule has 1 aromatic rings. The van der Waals surface area contributed by atoms with E-state index < -0.39 is 0 Å². The summed E-state index contributed by atoms with van der Waals surface area (Å²) < 4.78 is 0. The van der Waals surface area contributed by atoms with Gasteiger partial charge in [-0.05, 0) is 57.3 Å². The SMILES string of the molecule is CCCN(OCC)C(=O)C1=Cc2sc(CC3CCNC3)cc2N=C(N)C1. The molecule has 1 amide bonds. The van der Waals surface area contributed by atoms with E-state index in [1.54, 1.807) is 11.3 Å². The van der Waals surface area contributed by atoms with Gasteiger partial charge in [0.1, 0.15) is 5.84 Å². The highest BCUT2D eigenvalue weighted by Crippen LogP contribution is 2.36. The molecule has 1 fully saturated rings. The number of hydrogen-bond donors (Lipinski definition) is 2. The Hall–Kier alpha value is -1.70. The number of amides is 1. The summed E-state index contributed by atoms with van der Waals surface area (Å²) in [5.41, 5.74) is 7.62. The second-order valence-electron chi connectivity index (χ2n) is 6.80. The highest BCUT2D eigenvalue weighted by Gasteiger charge is 2.23. The van der Waals surface area contributed by atoms with Crippen LogP contribution in [0.5, 0.6) is 0 Å². The molecule has 1 unspecified atom stereocenters. The van der Waals surface area contributed by atoms with Gasteiger partial charge in [0.2, 0.25) is 0 Å². The molecule has 0 spiro atoms. The molecule has 3 rings (SSSR count). The zero-order chi connectivity index (χ0) is 18.5. The number of thiophene rings is 1. The van der Waals surface area contributed by atoms with Gasteiger partial charge in [0, 0.05) is 23.4 Å². The van der Waals surface area contributed by atoms with Crippen LogP contribution in [-0.4, -0.2) is 43.0 Å². The number of hydrogen-bond acceptors (Lipinski definition) is 6. The molecule has 2 aliphatic heterocycles. The summed E-state index contributed by atoms with van der Waals surface area (Å²) >= 11 is 1.72. The van der Waals surface area contributed by atoms with E-state index in [4.69, 9.17) is 10.6 Å². The van der Waals surface area contributed by atoms with Crippen LogP contribution in [0, 0.1) is 5.92 Å². The van der Waals surface area contributed by atoms with Crippen LogP contribution in [0.15, 0.2) is 16.6 Å². The van der Waals surface area contributed by atoms with Crippen LogP contribution in [0.3, 0.4) is 0 Å². The molecule has 0 aliphatic carbocycles. The van der Waals surface area contributed by atoms with E-state index in [1.807, 2.05) is 19.9 Å². The van der Waals surface area contributed by atoms with E-state index in [-0.39, 0.29) is 5.91 Å². The number of hydroxylamine groups is 2. The molecule has 0 aromatic carbocycles. The molecule has 7 heteroatoms. The van der Waals surface area contributed by atoms with Gasteiger partial charge in [-0.3, -0.25) is 9.63 Å². The standard InChI is InChI=1S/C19H28N4O2S/c1-3-7-23(25-4-2)19(24)14-9-17-16(22-18(20)10-14)11-15(26-17)8-13-5-6-21-12-13/h9,11,13,21H,3-8,10,12H2,1-2H3,(H2,20,22). The maximum atomic E-state index is 12.9. The van der Waals surface area contributed by atoms with Gasteiger partial charge >= 0.3 is 0 Å². The molecule has 3 N–H and O–H groups in total. The van der Waals surface area contributed by atoms with Gasteiger partial charge in [-0.25, -0.2) is 10.1 Å². The third-order valence-corrected chi connectivity index (χ3v) is 5.69. The molecule has 2 aliphatic rings. The second kappa shape index (κ2) is 8.79. The van der Waals surface area contributed by atoms with Crippen LogP contribution in [0.25, 0.3) is 6.08 Å². The van der Waals surface area contributed by atoms with Crippen LogP contribution in [0.2, 0.25) is 0 Å². The van der Waals surface area contributed by atoms with Crippen molar-refractivity contribution >= 4 is 34.8 Å². The number of aliphatic imine (C=N–C) groups is 1. The van der Waals surface area contributed by atoms with E-state index in [9.17, 15) is 4.79 Å². The van der Waals surface area contributed by atoms with E-state index >= 15 is 0 Å². The van der Waals surface area contributed by atoms with Gasteiger partial charge in [0.05, 0.1) is 17.2 Å². The van der Waals surface area contributed by atoms with Crippen LogP contribution < -0.4 is 11.1 Å². The van der Waals surface area contributed by atoms with Crippen molar-refractivity contribution in [2.45, 2.75) is 39.5 Å². The number of nitrogens with two attached hydrogens (primary N) is 1. The molecule has 1 aromatic heterocycles. The van der Waals surface area contributed by atoms with Crippen molar-refractivity contribution in [1.82, 2.24) is 10.4 Å². The van der Waals surface area contributed by atoms with Crippen molar-refractivity contribution in [2.24, 2.45) is 16.6 Å². The number of rotatable bonds is 7. The van der Waals surface area contributed by atoms with E-state index in [1.165, 1.54) is 16.4 Å². The highest BCUT2D eigenvalue weighted by atomic mass is 32.1. The van der Waals surface area contributed by atoms with Crippen LogP contribution >= 0.6 is 11.3 Å². The first kappa shape index (κ1) is 19.1. The summed E-state index contributed by atoms with van der Waals surface area (Å²) in [6.07, 6.45) is 5.41. The maximum Gasteiger partial charge on any atom is 0.273 e. The molecular weight excluding hydrogens is 348 g/mol. The number of nitrogens with one attached hydrogen (secondary N) is 1. The fourth-order valence-corrected chi connectivity index (χ4v) is 4.57. The quantitative estimate of drug-likeness (QED) is 0.717. The lowest BCUT2D eigenvalue weighted by Crippen LogP contribution is -2.34. The van der Waals surface area contributed by atoms with Crippen molar-refractivity contribution < 1.29 is 9.63 Å². The van der Waals surface area contributed by atoms with Gasteiger partial charge in [-0.1, -0.05) is 6.92 Å². The van der Waals surface area contributed by atoms with Crippen LogP contribution in [0.4, 0.5) is 5.69 Å². The number of nitrogens with zero attached hydrogens (tertiary/aromatic N) is 2. The number of amidine groups is 1. The molecule has 26 heavy (non-hydrogen) atoms. The fraction of sp³-hybridized carbons (Fsp3) is 0.579. The molecule has 142 valence electrons. The normalized spacial score (nSPS) is 19.5. The summed E-state index contributed by atoms with van der Waals surface area (Å²) in [7, 11) is 0. The molecule has 0 bridgehead atoms. The summed E-state index contributed by atoms with van der Waals surface area (Å²) in [4.78, 5) is 25.3. The van der Waals surface area contributed by atoms with Crippen molar-refractivity contribution in [2.75, 3.05) is 26.2 Å². The second-order valence-corrected chi connectivity index (χ2v) is 7.97. The Morgan fingerprint density at radius 3 is 3.04 bits per heavy atom. The summed E-state index contributed by atoms with van der Waals surface area (Å²) in [5, 5.41) is 4.86. The topological polar surface area (TPSA) is 80.0 Å². The lowest BCUT2D eigenvalue weighted by Gasteiger charge is -2.21. The largest absolute Gasteiger partial charge is 0.387 e. The first-order chi connectivity index (χ1) is 12.6. The molecule has 0 radical (unpaired) electrons. The van der Waals surface area contributed by atoms with Crippen molar-refractivity contribution in [3.05, 3.63) is 21.4 Å². The first-order valence-corrected chi connectivity index (χ1v) is 10.2. The maximum absolute atomic E-state index is 12.9. The summed E-state index contributed by atoms with van der Waals surface area (Å²) in [5.74, 6) is 1.04. The summed E-state index contributed by atoms with van der Waals surface area (Å²) in [6.45, 7) is 7.12. The predicted octanol–water partition coefficient (Wildman–Crippen LogP) is 2.87. The number of fused-ring (bicyclic) bond motifs is 1. The lowest BCUT2D eigenvalue weighted by molar-refractivity contribution is -0.180. The Morgan fingerprint density at radius 2 is 2.35 bits per heavy atom. The van der Waals surface area contributed by atoms with Crippen molar-refractivity contribution in [1.29, 1.82) is 0 Å². The zero-order valence-electron chi connectivity index (χ0n) is 15.6. The van der Waals surface area contributed by atoms with Crippen molar-refractivity contribution in [3.8, 4) is 0 Å². The lowest BCUT2D eigenvalue weighted by atomic mass is 10.0. The third-order valence-electron chi connectivity index (χ3n) is 4.60. The third kappa shape index (κ3) is 4.52. The van der Waals surface area contributed by atoms with E-state index in [0.29, 0.717) is 36.9 Å². The average molecular weight is 377 g/mol. The van der Waals surface area contributed by atoms with Gasteiger partial charge < -0.3 is 11.1 Å². The molecular formula is C19H28N4O2S. The highest BCUT2D eigenvalue weighted by molar-refractivity contribution is 7.13. The number of carbonyl (C=O) groups is 1. The van der Waals surface area contributed by atoms with Crippen LogP contribution in [-0.2, 0) is 16.1 Å². The Bertz CT molecular complexity index is 698. The molecule has 1 saturated heterocycles. The molecule has 6 nitrogen and oxygen atoms in total. The number of carbonyl (C=O) groups excluding carboxylic acids is 1. The minimum atomic E-state index is -0.116. The minimum absolute atomic E-state index is 0.116. The predicted molar refractivity (Wildman–Crippen MR) is 107 cm³/mol. The molecule has 1 atom stereocenters. The molecule has 3 heterocycles. The molecule has 0 saturated carbocycles. The zero-order valence-corrected chi connectivity index (χ0v) is 16.4. The van der Waals surface area contributed by atoms with Gasteiger partial charge in [-0.15, -0.1) is 11.3 Å². The van der Waals surface area contributed by atoms with Gasteiger partial charge in [-0.2, -0.15) is 0 Å². The van der Waals surface area contributed by atoms with Crippen LogP contribution in [0.1, 0.15) is 42.9 Å². The Balaban J connectivity index is 1.83. The Labute approximate surface area is 159 Å². The first-order valence-electron chi connectivity index (χ1n) is 9.42. The Kier molecular flexibility index (Phi) is 6.45.